The van der Waals surface area contributed by atoms with Gasteiger partial charge in [0.15, 0.2) is 0 Å². The van der Waals surface area contributed by atoms with Gasteiger partial charge in [-0.05, 0) is 100 Å². The lowest BCUT2D eigenvalue weighted by Crippen LogP contribution is -2.49. The topological polar surface area (TPSA) is 44.8 Å². The molecule has 3 aliphatic rings. The summed E-state index contributed by atoms with van der Waals surface area (Å²) in [4.78, 5) is 17.4. The van der Waals surface area contributed by atoms with Crippen molar-refractivity contribution in [3.8, 4) is 5.75 Å². The summed E-state index contributed by atoms with van der Waals surface area (Å²) in [6, 6.07) is 17.9. The molecule has 6 heteroatoms. The molecule has 182 valence electrons. The molecule has 34 heavy (non-hydrogen) atoms. The molecule has 1 N–H and O–H groups in total. The van der Waals surface area contributed by atoms with Gasteiger partial charge < -0.3 is 15.0 Å². The van der Waals surface area contributed by atoms with E-state index in [-0.39, 0.29) is 12.1 Å². The van der Waals surface area contributed by atoms with Gasteiger partial charge >= 0.3 is 6.03 Å². The number of carbonyl (C=O) groups is 1. The van der Waals surface area contributed by atoms with Crippen molar-refractivity contribution in [1.82, 2.24) is 9.80 Å². The zero-order chi connectivity index (χ0) is 23.7. The van der Waals surface area contributed by atoms with Crippen molar-refractivity contribution in [2.45, 2.75) is 82.5 Å². The van der Waals surface area contributed by atoms with Crippen LogP contribution in [0.25, 0.3) is 0 Å². The Bertz CT molecular complexity index is 956. The number of nitrogens with zero attached hydrogens (tertiary/aromatic N) is 2. The zero-order valence-corrected chi connectivity index (χ0v) is 21.0. The second kappa shape index (κ2) is 10.2. The fourth-order valence-corrected chi connectivity index (χ4v) is 6.39. The minimum atomic E-state index is -0.0270. The Hall–Kier alpha value is -2.24. The number of halogens is 1. The lowest BCUT2D eigenvalue weighted by Gasteiger charge is -2.41. The van der Waals surface area contributed by atoms with Crippen LogP contribution in [0.5, 0.6) is 5.75 Å². The quantitative estimate of drug-likeness (QED) is 0.527. The minimum Gasteiger partial charge on any atom is -0.490 e. The molecule has 2 aromatic rings. The number of nitrogens with one attached hydrogen (secondary N) is 1. The number of anilines is 1. The monoisotopic (exact) mass is 481 g/mol. The molecule has 0 unspecified atom stereocenters. The van der Waals surface area contributed by atoms with E-state index in [0.717, 1.165) is 55.2 Å². The molecule has 2 bridgehead atoms. The van der Waals surface area contributed by atoms with E-state index >= 15 is 0 Å². The number of ether oxygens (including phenoxy) is 1. The molecule has 0 radical (unpaired) electrons. The Morgan fingerprint density at radius 3 is 2.15 bits per heavy atom. The third-order valence-corrected chi connectivity index (χ3v) is 8.13. The first kappa shape index (κ1) is 23.5. The van der Waals surface area contributed by atoms with Gasteiger partial charge in [0.05, 0.1) is 0 Å². The number of benzene rings is 2. The highest BCUT2D eigenvalue weighted by Crippen LogP contribution is 2.38. The first-order valence-electron chi connectivity index (χ1n) is 12.8. The van der Waals surface area contributed by atoms with E-state index in [9.17, 15) is 4.79 Å². The number of amides is 2. The van der Waals surface area contributed by atoms with Crippen LogP contribution < -0.4 is 10.1 Å². The Morgan fingerprint density at radius 2 is 1.56 bits per heavy atom. The van der Waals surface area contributed by atoms with Crippen molar-refractivity contribution in [3.63, 3.8) is 0 Å². The lowest BCUT2D eigenvalue weighted by molar-refractivity contribution is 0.0307. The number of likely N-dealkylation sites (tertiary alicyclic amines) is 1. The normalized spacial score (nSPS) is 25.5. The predicted octanol–water partition coefficient (Wildman–Crippen LogP) is 6.53. The van der Waals surface area contributed by atoms with Gasteiger partial charge in [0.2, 0.25) is 0 Å². The number of carbonyl (C=O) groups excluding carboxylic acids is 1. The molecule has 3 saturated heterocycles. The molecular weight excluding hydrogens is 446 g/mol. The Kier molecular flexibility index (Phi) is 7.03. The van der Waals surface area contributed by atoms with Crippen molar-refractivity contribution in [3.05, 3.63) is 59.1 Å². The molecule has 3 atom stereocenters. The van der Waals surface area contributed by atoms with Gasteiger partial charge in [-0.1, -0.05) is 23.7 Å². The highest BCUT2D eigenvalue weighted by Gasteiger charge is 2.42. The average molecular weight is 482 g/mol. The first-order valence-corrected chi connectivity index (χ1v) is 13.2. The maximum atomic E-state index is 12.8. The summed E-state index contributed by atoms with van der Waals surface area (Å²) in [5.41, 5.74) is 2.12. The van der Waals surface area contributed by atoms with E-state index in [2.05, 4.69) is 36.2 Å². The van der Waals surface area contributed by atoms with Gasteiger partial charge in [-0.3, -0.25) is 4.90 Å². The van der Waals surface area contributed by atoms with Crippen LogP contribution in [0.4, 0.5) is 10.5 Å². The van der Waals surface area contributed by atoms with Gasteiger partial charge in [-0.25, -0.2) is 4.79 Å². The fraction of sp³-hybridized carbons (Fsp3) is 0.536. The SMILES string of the molecule is CC(C)N1[C@@H]2CC[C@H]1C[C@@H](Oc1ccc(NC(=O)N3CCC(c4ccc(Cl)cc4)CC3)cc1)C2. The second-order valence-electron chi connectivity index (χ2n) is 10.4. The van der Waals surface area contributed by atoms with Crippen molar-refractivity contribution < 1.29 is 9.53 Å². The Balaban J connectivity index is 1.10. The van der Waals surface area contributed by atoms with Crippen LogP contribution in [0.15, 0.2) is 48.5 Å². The minimum absolute atomic E-state index is 0.0270. The number of hydrogen-bond acceptors (Lipinski definition) is 3. The molecule has 2 amide bonds. The van der Waals surface area contributed by atoms with Crippen LogP contribution in [0.2, 0.25) is 5.02 Å². The van der Waals surface area contributed by atoms with Gasteiger partial charge in [-0.15, -0.1) is 0 Å². The van der Waals surface area contributed by atoms with Crippen LogP contribution in [-0.2, 0) is 0 Å². The summed E-state index contributed by atoms with van der Waals surface area (Å²) in [6.07, 6.45) is 7.04. The average Bonchev–Trinajstić information content (AvgIpc) is 3.12. The smallest absolute Gasteiger partial charge is 0.321 e. The predicted molar refractivity (Wildman–Crippen MR) is 138 cm³/mol. The van der Waals surface area contributed by atoms with Crippen molar-refractivity contribution in [2.75, 3.05) is 18.4 Å². The van der Waals surface area contributed by atoms with Gasteiger partial charge in [-0.2, -0.15) is 0 Å². The zero-order valence-electron chi connectivity index (χ0n) is 20.3. The number of piperidine rings is 2. The molecule has 0 aromatic heterocycles. The maximum absolute atomic E-state index is 12.8. The highest BCUT2D eigenvalue weighted by atomic mass is 35.5. The molecule has 5 rings (SSSR count). The summed E-state index contributed by atoms with van der Waals surface area (Å²) in [7, 11) is 0. The molecule has 3 aliphatic heterocycles. The summed E-state index contributed by atoms with van der Waals surface area (Å²) >= 11 is 6.01. The number of urea groups is 1. The van der Waals surface area contributed by atoms with Gasteiger partial charge in [0, 0.05) is 41.9 Å². The van der Waals surface area contributed by atoms with Gasteiger partial charge in [0.25, 0.3) is 0 Å². The Morgan fingerprint density at radius 1 is 0.941 bits per heavy atom. The number of rotatable bonds is 5. The summed E-state index contributed by atoms with van der Waals surface area (Å²) in [5, 5.41) is 3.82. The summed E-state index contributed by atoms with van der Waals surface area (Å²) in [6.45, 7) is 6.14. The maximum Gasteiger partial charge on any atom is 0.321 e. The summed E-state index contributed by atoms with van der Waals surface area (Å²) < 4.78 is 6.34. The Labute approximate surface area is 208 Å². The van der Waals surface area contributed by atoms with Crippen LogP contribution in [0, 0.1) is 0 Å². The third-order valence-electron chi connectivity index (χ3n) is 7.87. The molecule has 2 aromatic carbocycles. The van der Waals surface area contributed by atoms with E-state index in [0.29, 0.717) is 24.0 Å². The largest absolute Gasteiger partial charge is 0.490 e. The molecular formula is C28H36ClN3O2. The number of hydrogen-bond donors (Lipinski definition) is 1. The van der Waals surface area contributed by atoms with Gasteiger partial charge in [0.1, 0.15) is 11.9 Å². The molecule has 5 nitrogen and oxygen atoms in total. The first-order chi connectivity index (χ1) is 16.5. The van der Waals surface area contributed by atoms with E-state index in [4.69, 9.17) is 16.3 Å². The van der Waals surface area contributed by atoms with E-state index < -0.39 is 0 Å². The van der Waals surface area contributed by atoms with Crippen molar-refractivity contribution >= 4 is 23.3 Å². The number of fused-ring (bicyclic) bond motifs is 2. The van der Waals surface area contributed by atoms with Crippen LogP contribution in [0.3, 0.4) is 0 Å². The highest BCUT2D eigenvalue weighted by molar-refractivity contribution is 6.30. The third kappa shape index (κ3) is 5.21. The standard InChI is InChI=1S/C28H36ClN3O2/c1-19(2)32-24-9-10-25(32)18-27(17-24)34-26-11-7-23(8-12-26)30-28(33)31-15-13-21(14-16-31)20-3-5-22(29)6-4-20/h3-8,11-12,19,21,24-25,27H,9-10,13-18H2,1-2H3,(H,30,33)/t24-,25+,27+. The van der Waals surface area contributed by atoms with Crippen LogP contribution in [0.1, 0.15) is 63.9 Å². The van der Waals surface area contributed by atoms with E-state index in [1.165, 1.54) is 18.4 Å². The van der Waals surface area contributed by atoms with Crippen molar-refractivity contribution in [1.29, 1.82) is 0 Å². The second-order valence-corrected chi connectivity index (χ2v) is 10.8. The van der Waals surface area contributed by atoms with E-state index in [1.54, 1.807) is 0 Å². The molecule has 0 saturated carbocycles. The fourth-order valence-electron chi connectivity index (χ4n) is 6.27. The van der Waals surface area contributed by atoms with E-state index in [1.807, 2.05) is 41.3 Å². The van der Waals surface area contributed by atoms with Crippen LogP contribution >= 0.6 is 11.6 Å². The molecule has 3 heterocycles. The molecule has 3 fully saturated rings. The molecule has 0 aliphatic carbocycles. The lowest BCUT2D eigenvalue weighted by atomic mass is 9.89. The summed E-state index contributed by atoms with van der Waals surface area (Å²) in [5.74, 6) is 1.38. The molecule has 0 spiro atoms. The van der Waals surface area contributed by atoms with Crippen LogP contribution in [-0.4, -0.2) is 53.1 Å². The van der Waals surface area contributed by atoms with Crippen molar-refractivity contribution in [2.24, 2.45) is 0 Å².